The van der Waals surface area contributed by atoms with Crippen LogP contribution in [0.25, 0.3) is 16.9 Å². The molecule has 0 fully saturated rings. The quantitative estimate of drug-likeness (QED) is 0.594. The molecule has 6 nitrogen and oxygen atoms in total. The molecule has 0 atom stereocenters. The van der Waals surface area contributed by atoms with Crippen LogP contribution in [0.4, 0.5) is 11.6 Å². The number of aromatic nitrogens is 3. The summed E-state index contributed by atoms with van der Waals surface area (Å²) in [5, 5.41) is 16.7. The van der Waals surface area contributed by atoms with Gasteiger partial charge in [-0.1, -0.05) is 36.4 Å². The number of anilines is 2. The summed E-state index contributed by atoms with van der Waals surface area (Å²) in [6.07, 6.45) is 0. The van der Waals surface area contributed by atoms with Crippen LogP contribution in [0, 0.1) is 0 Å². The van der Waals surface area contributed by atoms with E-state index in [-0.39, 0.29) is 5.56 Å². The first-order valence-corrected chi connectivity index (χ1v) is 7.72. The molecule has 0 aliphatic rings. The highest BCUT2D eigenvalue weighted by Gasteiger charge is 2.10. The molecule has 4 aromatic rings. The third-order valence-electron chi connectivity index (χ3n) is 3.82. The van der Waals surface area contributed by atoms with Crippen molar-refractivity contribution in [3.05, 3.63) is 78.4 Å². The lowest BCUT2D eigenvalue weighted by Gasteiger charge is -2.04. The predicted octanol–water partition coefficient (Wildman–Crippen LogP) is 3.84. The first-order valence-electron chi connectivity index (χ1n) is 7.72. The molecule has 2 aromatic carbocycles. The van der Waals surface area contributed by atoms with E-state index in [1.54, 1.807) is 28.8 Å². The standard InChI is InChI=1S/C19H14N4O2/c24-18(25)14-11-9-13(10-12-14)16-7-4-8-17-21-19(22-23(16)17)20-15-5-2-1-3-6-15/h1-12H,(H,20,22)(H,24,25). The van der Waals surface area contributed by atoms with E-state index in [0.717, 1.165) is 16.9 Å². The molecule has 4 rings (SSSR count). The highest BCUT2D eigenvalue weighted by molar-refractivity contribution is 5.88. The predicted molar refractivity (Wildman–Crippen MR) is 95.1 cm³/mol. The summed E-state index contributed by atoms with van der Waals surface area (Å²) in [6.45, 7) is 0. The lowest BCUT2D eigenvalue weighted by atomic mass is 10.1. The average molecular weight is 330 g/mol. The van der Waals surface area contributed by atoms with Gasteiger partial charge < -0.3 is 10.4 Å². The first-order chi connectivity index (χ1) is 12.2. The van der Waals surface area contributed by atoms with Gasteiger partial charge in [-0.15, -0.1) is 5.10 Å². The maximum absolute atomic E-state index is 11.0. The smallest absolute Gasteiger partial charge is 0.335 e. The van der Waals surface area contributed by atoms with Gasteiger partial charge in [0.15, 0.2) is 5.65 Å². The fourth-order valence-corrected chi connectivity index (χ4v) is 2.61. The van der Waals surface area contributed by atoms with Crippen LogP contribution < -0.4 is 5.32 Å². The molecule has 0 saturated carbocycles. The summed E-state index contributed by atoms with van der Waals surface area (Å²) in [4.78, 5) is 15.5. The molecule has 0 bridgehead atoms. The summed E-state index contributed by atoms with van der Waals surface area (Å²) in [5.74, 6) is -0.444. The molecule has 0 amide bonds. The fourth-order valence-electron chi connectivity index (χ4n) is 2.61. The van der Waals surface area contributed by atoms with Crippen LogP contribution in [0.3, 0.4) is 0 Å². The number of nitrogens with one attached hydrogen (secondary N) is 1. The number of hydrogen-bond acceptors (Lipinski definition) is 4. The Hall–Kier alpha value is -3.67. The number of carboxylic acids is 1. The highest BCUT2D eigenvalue weighted by atomic mass is 16.4. The number of nitrogens with zero attached hydrogens (tertiary/aromatic N) is 3. The number of rotatable bonds is 4. The number of benzene rings is 2. The molecule has 0 unspecified atom stereocenters. The normalized spacial score (nSPS) is 10.7. The van der Waals surface area contributed by atoms with E-state index in [2.05, 4.69) is 15.4 Å². The Morgan fingerprint density at radius 2 is 1.68 bits per heavy atom. The van der Waals surface area contributed by atoms with E-state index < -0.39 is 5.97 Å². The second-order valence-electron chi connectivity index (χ2n) is 5.49. The van der Waals surface area contributed by atoms with Crippen molar-refractivity contribution < 1.29 is 9.90 Å². The van der Waals surface area contributed by atoms with E-state index in [9.17, 15) is 4.79 Å². The van der Waals surface area contributed by atoms with Gasteiger partial charge in [0.2, 0.25) is 5.95 Å². The monoisotopic (exact) mass is 330 g/mol. The Balaban J connectivity index is 1.73. The number of fused-ring (bicyclic) bond motifs is 1. The zero-order chi connectivity index (χ0) is 17.2. The van der Waals surface area contributed by atoms with Crippen molar-refractivity contribution in [2.75, 3.05) is 5.32 Å². The maximum atomic E-state index is 11.0. The number of para-hydroxylation sites is 1. The third-order valence-corrected chi connectivity index (χ3v) is 3.82. The Labute approximate surface area is 143 Å². The molecule has 2 aromatic heterocycles. The topological polar surface area (TPSA) is 79.5 Å². The second kappa shape index (κ2) is 6.09. The van der Waals surface area contributed by atoms with Crippen LogP contribution >= 0.6 is 0 Å². The lowest BCUT2D eigenvalue weighted by Crippen LogP contribution is -1.97. The van der Waals surface area contributed by atoms with E-state index in [0.29, 0.717) is 11.6 Å². The third kappa shape index (κ3) is 2.92. The summed E-state index contributed by atoms with van der Waals surface area (Å²) in [6, 6.07) is 22.1. The van der Waals surface area contributed by atoms with E-state index in [4.69, 9.17) is 5.11 Å². The molecule has 2 N–H and O–H groups in total. The SMILES string of the molecule is O=C(O)c1ccc(-c2cccc3nc(Nc4ccccc4)nn23)cc1. The molecule has 25 heavy (non-hydrogen) atoms. The number of hydrogen-bond donors (Lipinski definition) is 2. The van der Waals surface area contributed by atoms with Crippen molar-refractivity contribution in [2.45, 2.75) is 0 Å². The maximum Gasteiger partial charge on any atom is 0.335 e. The van der Waals surface area contributed by atoms with Gasteiger partial charge in [0.05, 0.1) is 11.3 Å². The summed E-state index contributed by atoms with van der Waals surface area (Å²) in [7, 11) is 0. The summed E-state index contributed by atoms with van der Waals surface area (Å²) >= 11 is 0. The highest BCUT2D eigenvalue weighted by Crippen LogP contribution is 2.22. The van der Waals surface area contributed by atoms with E-state index >= 15 is 0 Å². The molecular formula is C19H14N4O2. The molecule has 0 aliphatic heterocycles. The minimum atomic E-state index is -0.945. The van der Waals surface area contributed by atoms with Crippen molar-refractivity contribution in [3.63, 3.8) is 0 Å². The van der Waals surface area contributed by atoms with Crippen molar-refractivity contribution in [3.8, 4) is 11.3 Å². The fraction of sp³-hybridized carbons (Fsp3) is 0. The molecule has 0 aliphatic carbocycles. The minimum absolute atomic E-state index is 0.251. The van der Waals surface area contributed by atoms with Gasteiger partial charge in [0.1, 0.15) is 0 Å². The lowest BCUT2D eigenvalue weighted by molar-refractivity contribution is 0.0697. The van der Waals surface area contributed by atoms with Gasteiger partial charge in [-0.05, 0) is 36.4 Å². The Bertz CT molecular complexity index is 1040. The van der Waals surface area contributed by atoms with Crippen molar-refractivity contribution in [1.29, 1.82) is 0 Å². The van der Waals surface area contributed by atoms with Gasteiger partial charge in [0, 0.05) is 11.3 Å². The average Bonchev–Trinajstić information content (AvgIpc) is 3.05. The van der Waals surface area contributed by atoms with Crippen LogP contribution in [0.5, 0.6) is 0 Å². The van der Waals surface area contributed by atoms with Crippen LogP contribution in [0.1, 0.15) is 10.4 Å². The van der Waals surface area contributed by atoms with Crippen LogP contribution in [-0.4, -0.2) is 25.7 Å². The molecular weight excluding hydrogens is 316 g/mol. The Kier molecular flexibility index (Phi) is 3.63. The Morgan fingerprint density at radius 1 is 0.920 bits per heavy atom. The van der Waals surface area contributed by atoms with E-state index in [1.165, 1.54) is 0 Å². The number of carbonyl (C=O) groups is 1. The molecule has 122 valence electrons. The molecule has 2 heterocycles. The van der Waals surface area contributed by atoms with Gasteiger partial charge in [0.25, 0.3) is 0 Å². The zero-order valence-corrected chi connectivity index (χ0v) is 13.1. The van der Waals surface area contributed by atoms with Gasteiger partial charge >= 0.3 is 5.97 Å². The van der Waals surface area contributed by atoms with Crippen LogP contribution in [0.15, 0.2) is 72.8 Å². The molecule has 6 heteroatoms. The van der Waals surface area contributed by atoms with Gasteiger partial charge in [-0.3, -0.25) is 0 Å². The second-order valence-corrected chi connectivity index (χ2v) is 5.49. The number of carboxylic acid groups (broad SMARTS) is 1. The van der Waals surface area contributed by atoms with Gasteiger partial charge in [-0.25, -0.2) is 9.31 Å². The van der Waals surface area contributed by atoms with Crippen molar-refractivity contribution in [1.82, 2.24) is 14.6 Å². The largest absolute Gasteiger partial charge is 0.478 e. The van der Waals surface area contributed by atoms with Crippen molar-refractivity contribution in [2.24, 2.45) is 0 Å². The molecule has 0 radical (unpaired) electrons. The first kappa shape index (κ1) is 14.9. The van der Waals surface area contributed by atoms with Gasteiger partial charge in [-0.2, -0.15) is 4.98 Å². The zero-order valence-electron chi connectivity index (χ0n) is 13.1. The van der Waals surface area contributed by atoms with Crippen molar-refractivity contribution >= 4 is 23.3 Å². The Morgan fingerprint density at radius 3 is 2.40 bits per heavy atom. The van der Waals surface area contributed by atoms with E-state index in [1.807, 2.05) is 48.5 Å². The number of aromatic carboxylic acids is 1. The number of pyridine rings is 1. The minimum Gasteiger partial charge on any atom is -0.478 e. The molecule has 0 saturated heterocycles. The van der Waals surface area contributed by atoms with Crippen LogP contribution in [0.2, 0.25) is 0 Å². The van der Waals surface area contributed by atoms with Crippen LogP contribution in [-0.2, 0) is 0 Å². The summed E-state index contributed by atoms with van der Waals surface area (Å²) < 4.78 is 1.74. The summed E-state index contributed by atoms with van der Waals surface area (Å²) in [5.41, 5.74) is 3.57. The molecule has 0 spiro atoms.